The maximum Gasteiger partial charge on any atom is 0.238 e. The van der Waals surface area contributed by atoms with Gasteiger partial charge in [0.1, 0.15) is 5.75 Å². The van der Waals surface area contributed by atoms with Gasteiger partial charge >= 0.3 is 0 Å². The van der Waals surface area contributed by atoms with E-state index in [1.807, 2.05) is 47.4 Å². The van der Waals surface area contributed by atoms with Gasteiger partial charge in [-0.05, 0) is 37.1 Å². The monoisotopic (exact) mass is 403 g/mol. The van der Waals surface area contributed by atoms with E-state index in [9.17, 15) is 4.79 Å². The fraction of sp³-hybridized carbons (Fsp3) is 0.409. The van der Waals surface area contributed by atoms with E-state index >= 15 is 0 Å². The maximum absolute atomic E-state index is 13.9. The van der Waals surface area contributed by atoms with Crippen molar-refractivity contribution < 1.29 is 9.53 Å². The van der Waals surface area contributed by atoms with Crippen LogP contribution in [0.3, 0.4) is 0 Å². The van der Waals surface area contributed by atoms with Crippen LogP contribution in [0.15, 0.2) is 47.4 Å². The van der Waals surface area contributed by atoms with Gasteiger partial charge in [-0.2, -0.15) is 0 Å². The molecule has 0 bridgehead atoms. The molecule has 1 heterocycles. The number of thioether (sulfide) groups is 1. The topological polar surface area (TPSA) is 29.5 Å². The average molecular weight is 404 g/mol. The van der Waals surface area contributed by atoms with Crippen LogP contribution in [0.5, 0.6) is 5.75 Å². The molecule has 0 aliphatic carbocycles. The molecule has 3 rings (SSSR count). The Hall–Kier alpha value is -1.65. The van der Waals surface area contributed by atoms with Gasteiger partial charge in [0.05, 0.1) is 23.2 Å². The minimum absolute atomic E-state index is 0.164. The summed E-state index contributed by atoms with van der Waals surface area (Å²) in [4.78, 5) is 16.8. The molecule has 0 saturated heterocycles. The Morgan fingerprint density at radius 2 is 1.96 bits per heavy atom. The number of fused-ring (bicyclic) bond motifs is 1. The molecule has 2 aromatic carbocycles. The Balaban J connectivity index is 2.18. The highest BCUT2D eigenvalue weighted by Crippen LogP contribution is 2.49. The first-order chi connectivity index (χ1) is 13.1. The number of ether oxygens (including phenoxy) is 1. The van der Waals surface area contributed by atoms with Crippen LogP contribution in [0, 0.1) is 5.41 Å². The van der Waals surface area contributed by atoms with Crippen molar-refractivity contribution in [1.29, 1.82) is 0 Å². The van der Waals surface area contributed by atoms with E-state index in [0.717, 1.165) is 47.7 Å². The lowest BCUT2D eigenvalue weighted by Gasteiger charge is -2.34. The summed E-state index contributed by atoms with van der Waals surface area (Å²) in [6, 6.07) is 13.7. The fourth-order valence-corrected chi connectivity index (χ4v) is 5.18. The summed E-state index contributed by atoms with van der Waals surface area (Å²) < 4.78 is 5.41. The SMILES string of the molecule is CCCCC1(CC)CSc2cc(OC)c(Cl)cc2N(c2ccccc2)C1=O. The van der Waals surface area contributed by atoms with Crippen LogP contribution in [-0.2, 0) is 4.79 Å². The molecule has 1 unspecified atom stereocenters. The summed E-state index contributed by atoms with van der Waals surface area (Å²) in [6.45, 7) is 4.30. The summed E-state index contributed by atoms with van der Waals surface area (Å²) in [5, 5.41) is 0.517. The highest BCUT2D eigenvalue weighted by molar-refractivity contribution is 7.99. The van der Waals surface area contributed by atoms with Gasteiger partial charge in [-0.15, -0.1) is 11.8 Å². The number of halogens is 1. The highest BCUT2D eigenvalue weighted by atomic mass is 35.5. The lowest BCUT2D eigenvalue weighted by Crippen LogP contribution is -2.42. The molecule has 3 nitrogen and oxygen atoms in total. The van der Waals surface area contributed by atoms with Crippen molar-refractivity contribution in [2.75, 3.05) is 17.8 Å². The number of carbonyl (C=O) groups excluding carboxylic acids is 1. The summed E-state index contributed by atoms with van der Waals surface area (Å²) in [5.41, 5.74) is 1.34. The zero-order valence-corrected chi connectivity index (χ0v) is 17.7. The number of hydrogen-bond donors (Lipinski definition) is 0. The molecule has 1 amide bonds. The summed E-state index contributed by atoms with van der Waals surface area (Å²) >= 11 is 8.16. The second kappa shape index (κ2) is 8.57. The van der Waals surface area contributed by atoms with Crippen molar-refractivity contribution in [2.45, 2.75) is 44.4 Å². The van der Waals surface area contributed by atoms with Gasteiger partial charge in [-0.1, -0.05) is 56.5 Å². The zero-order chi connectivity index (χ0) is 19.4. The molecular formula is C22H26ClNO2S. The minimum atomic E-state index is -0.380. The van der Waals surface area contributed by atoms with Crippen LogP contribution < -0.4 is 9.64 Å². The fourth-order valence-electron chi connectivity index (χ4n) is 3.55. The molecule has 1 aliphatic rings. The third-order valence-electron chi connectivity index (χ3n) is 5.34. The third kappa shape index (κ3) is 3.83. The predicted molar refractivity (Wildman–Crippen MR) is 115 cm³/mol. The lowest BCUT2D eigenvalue weighted by atomic mass is 9.80. The molecule has 0 radical (unpaired) electrons. The molecule has 5 heteroatoms. The molecule has 0 fully saturated rings. The number of para-hydroxylation sites is 1. The molecule has 0 saturated carbocycles. The molecule has 0 N–H and O–H groups in total. The Morgan fingerprint density at radius 3 is 2.59 bits per heavy atom. The van der Waals surface area contributed by atoms with E-state index in [1.54, 1.807) is 18.9 Å². The van der Waals surface area contributed by atoms with Gasteiger partial charge < -0.3 is 4.74 Å². The molecular weight excluding hydrogens is 378 g/mol. The first-order valence-electron chi connectivity index (χ1n) is 9.46. The quantitative estimate of drug-likeness (QED) is 0.537. The summed E-state index contributed by atoms with van der Waals surface area (Å²) in [5.74, 6) is 1.57. The Kier molecular flexibility index (Phi) is 6.38. The second-order valence-corrected chi connectivity index (χ2v) is 8.38. The van der Waals surface area contributed by atoms with Crippen LogP contribution in [0.1, 0.15) is 39.5 Å². The number of methoxy groups -OCH3 is 1. The van der Waals surface area contributed by atoms with Crippen LogP contribution in [-0.4, -0.2) is 18.8 Å². The van der Waals surface area contributed by atoms with Crippen LogP contribution >= 0.6 is 23.4 Å². The Labute approximate surface area is 171 Å². The number of anilines is 2. The maximum atomic E-state index is 13.9. The molecule has 1 aliphatic heterocycles. The van der Waals surface area contributed by atoms with Gasteiger partial charge in [0.25, 0.3) is 0 Å². The number of carbonyl (C=O) groups is 1. The summed E-state index contributed by atoms with van der Waals surface area (Å²) in [7, 11) is 1.62. The molecule has 27 heavy (non-hydrogen) atoms. The minimum Gasteiger partial charge on any atom is -0.495 e. The number of hydrogen-bond acceptors (Lipinski definition) is 3. The third-order valence-corrected chi connectivity index (χ3v) is 6.97. The smallest absolute Gasteiger partial charge is 0.238 e. The first kappa shape index (κ1) is 20.1. The Morgan fingerprint density at radius 1 is 1.22 bits per heavy atom. The molecule has 1 atom stereocenters. The second-order valence-electron chi connectivity index (χ2n) is 6.96. The van der Waals surface area contributed by atoms with E-state index in [1.165, 1.54) is 0 Å². The number of nitrogens with zero attached hydrogens (tertiary/aromatic N) is 1. The normalized spacial score (nSPS) is 19.6. The van der Waals surface area contributed by atoms with Crippen molar-refractivity contribution in [2.24, 2.45) is 5.41 Å². The highest BCUT2D eigenvalue weighted by Gasteiger charge is 2.43. The first-order valence-corrected chi connectivity index (χ1v) is 10.8. The lowest BCUT2D eigenvalue weighted by molar-refractivity contribution is -0.126. The van der Waals surface area contributed by atoms with Gasteiger partial charge in [0, 0.05) is 16.3 Å². The van der Waals surface area contributed by atoms with E-state index in [2.05, 4.69) is 13.8 Å². The standard InChI is InChI=1S/C22H26ClNO2S/c1-4-6-12-22(5-2)15-27-20-14-19(26-3)17(23)13-18(20)24(21(22)25)16-10-8-7-9-11-16/h7-11,13-14H,4-6,12,15H2,1-3H3. The number of rotatable bonds is 6. The largest absolute Gasteiger partial charge is 0.495 e. The molecule has 144 valence electrons. The van der Waals surface area contributed by atoms with Gasteiger partial charge in [-0.25, -0.2) is 0 Å². The van der Waals surface area contributed by atoms with Crippen LogP contribution in [0.2, 0.25) is 5.02 Å². The van der Waals surface area contributed by atoms with E-state index < -0.39 is 0 Å². The van der Waals surface area contributed by atoms with Gasteiger partial charge in [0.2, 0.25) is 5.91 Å². The van der Waals surface area contributed by atoms with Gasteiger partial charge in [0.15, 0.2) is 0 Å². The van der Waals surface area contributed by atoms with Crippen molar-refractivity contribution >= 4 is 40.6 Å². The van der Waals surface area contributed by atoms with E-state index in [-0.39, 0.29) is 11.3 Å². The van der Waals surface area contributed by atoms with Crippen molar-refractivity contribution in [3.8, 4) is 5.75 Å². The van der Waals surface area contributed by atoms with Crippen molar-refractivity contribution in [3.05, 3.63) is 47.5 Å². The zero-order valence-electron chi connectivity index (χ0n) is 16.1. The van der Waals surface area contributed by atoms with Gasteiger partial charge in [-0.3, -0.25) is 9.69 Å². The molecule has 0 spiro atoms. The van der Waals surface area contributed by atoms with E-state index in [0.29, 0.717) is 10.8 Å². The number of benzene rings is 2. The average Bonchev–Trinajstić information content (AvgIpc) is 2.81. The van der Waals surface area contributed by atoms with Crippen molar-refractivity contribution in [1.82, 2.24) is 0 Å². The van der Waals surface area contributed by atoms with Crippen LogP contribution in [0.25, 0.3) is 0 Å². The molecule has 0 aromatic heterocycles. The van der Waals surface area contributed by atoms with Crippen LogP contribution in [0.4, 0.5) is 11.4 Å². The number of unbranched alkanes of at least 4 members (excludes halogenated alkanes) is 1. The predicted octanol–water partition coefficient (Wildman–Crippen LogP) is 6.71. The number of amides is 1. The molecule has 2 aromatic rings. The Bertz CT molecular complexity index is 811. The van der Waals surface area contributed by atoms with E-state index in [4.69, 9.17) is 16.3 Å². The van der Waals surface area contributed by atoms with Crippen molar-refractivity contribution in [3.63, 3.8) is 0 Å². The summed E-state index contributed by atoms with van der Waals surface area (Å²) in [6.07, 6.45) is 3.84.